The molecule has 47 heavy (non-hydrogen) atoms. The van der Waals surface area contributed by atoms with Crippen LogP contribution in [0.2, 0.25) is 0 Å². The number of aliphatic hydroxyl groups excluding tert-OH is 3. The minimum absolute atomic E-state index is 0.00881. The van der Waals surface area contributed by atoms with Gasteiger partial charge in [0.05, 0.1) is 42.0 Å². The van der Waals surface area contributed by atoms with Crippen molar-refractivity contribution >= 4 is 17.7 Å². The molecular formula is C35H40O12. The maximum absolute atomic E-state index is 14.5. The van der Waals surface area contributed by atoms with Crippen molar-refractivity contribution in [2.45, 2.75) is 94.3 Å². The van der Waals surface area contributed by atoms with Gasteiger partial charge in [-0.15, -0.1) is 0 Å². The average Bonchev–Trinajstić information content (AvgIpc) is 3.58. The van der Waals surface area contributed by atoms with Crippen LogP contribution in [0, 0.1) is 23.7 Å². The second-order valence-corrected chi connectivity index (χ2v) is 14.0. The predicted molar refractivity (Wildman–Crippen MR) is 161 cm³/mol. The summed E-state index contributed by atoms with van der Waals surface area (Å²) in [5.74, 6) is -5.57. The van der Waals surface area contributed by atoms with E-state index in [0.717, 1.165) is 0 Å². The molecule has 12 heteroatoms. The number of ketones is 1. The second-order valence-electron chi connectivity index (χ2n) is 14.0. The predicted octanol–water partition coefficient (Wildman–Crippen LogP) is 1.51. The molecule has 1 saturated heterocycles. The minimum Gasteiger partial charge on any atom is -0.469 e. The number of esters is 2. The first-order valence-electron chi connectivity index (χ1n) is 15.6. The summed E-state index contributed by atoms with van der Waals surface area (Å²) in [6.07, 6.45) is -8.57. The number of benzene rings is 1. The summed E-state index contributed by atoms with van der Waals surface area (Å²) in [6.45, 7) is 11.8. The number of Topliss-reactive ketones (excluding diaryl/α,β-unsaturated/α-hetero) is 1. The largest absolute Gasteiger partial charge is 0.469 e. The smallest absolute Gasteiger partial charge is 0.338 e. The van der Waals surface area contributed by atoms with Crippen molar-refractivity contribution in [2.24, 2.45) is 16.7 Å². The monoisotopic (exact) mass is 652 g/mol. The zero-order valence-corrected chi connectivity index (χ0v) is 26.5. The molecule has 3 aliphatic carbocycles. The minimum atomic E-state index is -2.24. The standard InChI is InChI=1S/C35H40O12/c1-17-21(46-31(41)25(37)18(2)20-12-9-13-44-20)15-35(43)29(47-30(40)19-10-7-6-8-11-19)27-33(5,22(36)14-23-34(27,42)16-45-23)28(39)26(38)24(17)32(35,3)4/h2,6-13,18,21-23,25-27,29,36-38,42-43H,14-16H2,1,3-5H3/t18?,21?,22?,23?,25?,26?,27?,29?,33-,34?,35?/m1/s1. The van der Waals surface area contributed by atoms with E-state index < -0.39 is 94.6 Å². The van der Waals surface area contributed by atoms with Crippen LogP contribution >= 0.6 is 0 Å². The van der Waals surface area contributed by atoms with Crippen LogP contribution in [0.3, 0.4) is 0 Å². The molecule has 0 spiro atoms. The van der Waals surface area contributed by atoms with Crippen molar-refractivity contribution in [3.8, 4) is 0 Å². The molecule has 0 amide bonds. The third-order valence-electron chi connectivity index (χ3n) is 11.3. The van der Waals surface area contributed by atoms with Gasteiger partial charge in [-0.3, -0.25) is 4.79 Å². The number of hydrogen-bond donors (Lipinski definition) is 5. The Kier molecular flexibility index (Phi) is 8.09. The van der Waals surface area contributed by atoms with Crippen LogP contribution < -0.4 is 0 Å². The normalized spacial score (nSPS) is 38.9. The Morgan fingerprint density at radius 1 is 1.04 bits per heavy atom. The van der Waals surface area contributed by atoms with E-state index in [1.54, 1.807) is 32.0 Å². The van der Waals surface area contributed by atoms with Gasteiger partial charge in [0, 0.05) is 24.2 Å². The van der Waals surface area contributed by atoms with Crippen LogP contribution in [-0.2, 0) is 23.8 Å². The van der Waals surface area contributed by atoms with Crippen molar-refractivity contribution in [3.05, 3.63) is 78.1 Å². The number of carbonyl (C=O) groups is 3. The van der Waals surface area contributed by atoms with Crippen molar-refractivity contribution in [2.75, 3.05) is 6.61 Å². The molecule has 11 atom stereocenters. The van der Waals surface area contributed by atoms with E-state index in [1.165, 1.54) is 44.4 Å². The van der Waals surface area contributed by atoms with E-state index in [0.29, 0.717) is 0 Å². The van der Waals surface area contributed by atoms with Crippen LogP contribution in [-0.4, -0.2) is 97.7 Å². The molecule has 252 valence electrons. The maximum atomic E-state index is 14.5. The Hall–Kier alpha value is -3.39. The van der Waals surface area contributed by atoms with Gasteiger partial charge in [-0.1, -0.05) is 32.0 Å². The number of hydrogen-bond acceptors (Lipinski definition) is 12. The highest BCUT2D eigenvalue weighted by Crippen LogP contribution is 2.63. The zero-order valence-electron chi connectivity index (χ0n) is 26.5. The molecule has 5 N–H and O–H groups in total. The summed E-state index contributed by atoms with van der Waals surface area (Å²) in [5, 5.41) is 59.3. The van der Waals surface area contributed by atoms with Crippen LogP contribution in [0.1, 0.15) is 62.6 Å². The van der Waals surface area contributed by atoms with Crippen molar-refractivity contribution < 1.29 is 58.5 Å². The number of aliphatic hydroxyl groups is 5. The summed E-state index contributed by atoms with van der Waals surface area (Å²) < 4.78 is 22.7. The van der Waals surface area contributed by atoms with E-state index in [4.69, 9.17) is 25.6 Å². The van der Waals surface area contributed by atoms with Gasteiger partial charge in [0.25, 0.3) is 0 Å². The van der Waals surface area contributed by atoms with E-state index in [2.05, 4.69) is 0 Å². The summed E-state index contributed by atoms with van der Waals surface area (Å²) >= 11 is 0. The molecule has 1 aliphatic heterocycles. The Morgan fingerprint density at radius 2 is 1.72 bits per heavy atom. The summed E-state index contributed by atoms with van der Waals surface area (Å²) in [4.78, 5) is 41.5. The first-order chi connectivity index (χ1) is 22.0. The van der Waals surface area contributed by atoms with Crippen molar-refractivity contribution in [3.63, 3.8) is 0 Å². The highest BCUT2D eigenvalue weighted by Gasteiger charge is 2.76. The van der Waals surface area contributed by atoms with Crippen molar-refractivity contribution in [1.29, 1.82) is 0 Å². The van der Waals surface area contributed by atoms with Gasteiger partial charge in [0.1, 0.15) is 35.3 Å². The van der Waals surface area contributed by atoms with Crippen LogP contribution in [0.5, 0.6) is 0 Å². The number of carbonyl (C=O) groups excluding carboxylic acids is 3. The number of rotatable bonds is 6. The van der Waals surface area contributed by atoms with Gasteiger partial charge < -0.3 is 44.2 Å². The Labute approximate surface area is 271 Å². The number of fused-ring (bicyclic) bond motifs is 5. The molecular weight excluding hydrogens is 612 g/mol. The highest BCUT2D eigenvalue weighted by molar-refractivity contribution is 5.94. The lowest BCUT2D eigenvalue weighted by atomic mass is 9.44. The van der Waals surface area contributed by atoms with Gasteiger partial charge in [-0.25, -0.2) is 9.59 Å². The van der Waals surface area contributed by atoms with E-state index in [-0.39, 0.29) is 35.5 Å². The molecule has 2 heterocycles. The number of furan rings is 1. The molecule has 12 nitrogen and oxygen atoms in total. The fraction of sp³-hybridized carbons (Fsp3) is 0.543. The molecule has 3 fully saturated rings. The van der Waals surface area contributed by atoms with E-state index >= 15 is 0 Å². The Bertz CT molecular complexity index is 1580. The van der Waals surface area contributed by atoms with Crippen LogP contribution in [0.25, 0.3) is 0 Å². The highest BCUT2D eigenvalue weighted by atomic mass is 16.6. The van der Waals surface area contributed by atoms with Crippen molar-refractivity contribution in [1.82, 2.24) is 0 Å². The molecule has 2 aromatic rings. The molecule has 10 unspecified atom stereocenters. The maximum Gasteiger partial charge on any atom is 0.338 e. The van der Waals surface area contributed by atoms with Gasteiger partial charge in [0.2, 0.25) is 0 Å². The summed E-state index contributed by atoms with van der Waals surface area (Å²) in [6, 6.07) is 10.9. The quantitative estimate of drug-likeness (QED) is 0.224. The van der Waals surface area contributed by atoms with Crippen LogP contribution in [0.4, 0.5) is 0 Å². The molecule has 1 aromatic carbocycles. The fourth-order valence-corrected chi connectivity index (χ4v) is 8.37. The lowest BCUT2D eigenvalue weighted by Crippen LogP contribution is -2.81. The van der Waals surface area contributed by atoms with Gasteiger partial charge in [-0.05, 0) is 56.2 Å². The summed E-state index contributed by atoms with van der Waals surface area (Å²) in [5.41, 5.74) is -7.24. The SMILES string of the molecule is [CH]C(c1ccco1)C(O)C(=O)OC1CC2(O)C(OC(=O)c3ccccc3)C3C4(O)COC4CC(O)[C@@]3(C)C(=O)C(O)C(=C1C)C2(C)C. The van der Waals surface area contributed by atoms with E-state index in [1.807, 2.05) is 0 Å². The third-order valence-corrected chi connectivity index (χ3v) is 11.3. The van der Waals surface area contributed by atoms with Gasteiger partial charge in [-0.2, -0.15) is 0 Å². The first-order valence-corrected chi connectivity index (χ1v) is 15.6. The first kappa shape index (κ1) is 33.5. The molecule has 2 radical (unpaired) electrons. The van der Waals surface area contributed by atoms with Gasteiger partial charge >= 0.3 is 11.9 Å². The average molecular weight is 653 g/mol. The fourth-order valence-electron chi connectivity index (χ4n) is 8.37. The number of ether oxygens (including phenoxy) is 3. The Morgan fingerprint density at radius 3 is 2.32 bits per heavy atom. The topological polar surface area (TPSA) is 193 Å². The Balaban J connectivity index is 1.50. The lowest BCUT2D eigenvalue weighted by Gasteiger charge is -2.66. The van der Waals surface area contributed by atoms with Crippen LogP contribution in [0.15, 0.2) is 64.3 Å². The zero-order chi connectivity index (χ0) is 34.3. The third kappa shape index (κ3) is 4.75. The second kappa shape index (κ2) is 11.4. The molecule has 4 aliphatic rings. The molecule has 6 rings (SSSR count). The van der Waals surface area contributed by atoms with Gasteiger partial charge in [0.15, 0.2) is 11.9 Å². The summed E-state index contributed by atoms with van der Waals surface area (Å²) in [7, 11) is 0. The lowest BCUT2D eigenvalue weighted by molar-refractivity contribution is -0.343. The van der Waals surface area contributed by atoms with E-state index in [9.17, 15) is 39.9 Å². The molecule has 2 bridgehead atoms. The molecule has 1 aromatic heterocycles. The molecule has 2 saturated carbocycles.